The maximum Gasteiger partial charge on any atom is 0.337 e. The van der Waals surface area contributed by atoms with Gasteiger partial charge in [-0.2, -0.15) is 0 Å². The van der Waals surface area contributed by atoms with Crippen LogP contribution in [0.4, 0.5) is 4.79 Å². The van der Waals surface area contributed by atoms with Crippen LogP contribution in [0.3, 0.4) is 0 Å². The Kier molecular flexibility index (Phi) is 4.99. The fourth-order valence-corrected chi connectivity index (χ4v) is 1.99. The number of hydrogen-bond donors (Lipinski definition) is 3. The number of nitrogens with one attached hydrogen (secondary N) is 3. The number of carbonyl (C=O) groups is 2. The molecule has 0 aromatic carbocycles. The van der Waals surface area contributed by atoms with E-state index >= 15 is 0 Å². The lowest BCUT2D eigenvalue weighted by Crippen LogP contribution is -2.46. The molecule has 0 saturated heterocycles. The number of urea groups is 1. The quantitative estimate of drug-likeness (QED) is 0.682. The van der Waals surface area contributed by atoms with Gasteiger partial charge >= 0.3 is 12.0 Å². The van der Waals surface area contributed by atoms with Crippen molar-refractivity contribution >= 4 is 12.0 Å². The number of esters is 1. The zero-order chi connectivity index (χ0) is 15.2. The van der Waals surface area contributed by atoms with Crippen molar-refractivity contribution in [3.8, 4) is 0 Å². The van der Waals surface area contributed by atoms with Crippen LogP contribution in [-0.4, -0.2) is 31.7 Å². The molecule has 2 amide bonds. The molecule has 1 aliphatic rings. The van der Waals surface area contributed by atoms with Crippen LogP contribution in [-0.2, 0) is 9.53 Å². The molecule has 1 aromatic rings. The molecule has 7 nitrogen and oxygen atoms in total. The van der Waals surface area contributed by atoms with Crippen LogP contribution in [0.25, 0.3) is 0 Å². The standard InChI is InChI=1S/C14H19N3O4/c1-3-20-13(18)10-7-16-14(19)17-11(10)8-15-9(2)12-5-4-6-21-12/h4-6,9,15H,3,7-8H2,1-2H3,(H2,16,17,19)/t9-/m0/s1. The van der Waals surface area contributed by atoms with E-state index in [1.165, 1.54) is 0 Å². The Hall–Kier alpha value is -2.28. The Labute approximate surface area is 122 Å². The lowest BCUT2D eigenvalue weighted by Gasteiger charge is -2.22. The van der Waals surface area contributed by atoms with Crippen LogP contribution in [0.1, 0.15) is 25.6 Å². The van der Waals surface area contributed by atoms with E-state index < -0.39 is 5.97 Å². The molecule has 1 atom stereocenters. The van der Waals surface area contributed by atoms with E-state index in [0.29, 0.717) is 24.4 Å². The van der Waals surface area contributed by atoms with Crippen LogP contribution in [0.5, 0.6) is 0 Å². The van der Waals surface area contributed by atoms with Crippen LogP contribution >= 0.6 is 0 Å². The summed E-state index contributed by atoms with van der Waals surface area (Å²) in [5.74, 6) is 0.362. The van der Waals surface area contributed by atoms with Gasteiger partial charge in [-0.1, -0.05) is 0 Å². The second-order valence-electron chi connectivity index (χ2n) is 4.60. The van der Waals surface area contributed by atoms with Crippen molar-refractivity contribution in [1.82, 2.24) is 16.0 Å². The van der Waals surface area contributed by atoms with Crippen molar-refractivity contribution in [3.05, 3.63) is 35.4 Å². The van der Waals surface area contributed by atoms with Crippen LogP contribution in [0.2, 0.25) is 0 Å². The van der Waals surface area contributed by atoms with Gasteiger partial charge < -0.3 is 25.1 Å². The van der Waals surface area contributed by atoms with Gasteiger partial charge in [0.05, 0.1) is 31.0 Å². The summed E-state index contributed by atoms with van der Waals surface area (Å²) in [6.07, 6.45) is 1.60. The molecular formula is C14H19N3O4. The Morgan fingerprint density at radius 2 is 2.38 bits per heavy atom. The van der Waals surface area contributed by atoms with Crippen molar-refractivity contribution in [2.24, 2.45) is 0 Å². The van der Waals surface area contributed by atoms with Crippen molar-refractivity contribution in [1.29, 1.82) is 0 Å². The minimum Gasteiger partial charge on any atom is -0.468 e. The minimum atomic E-state index is -0.424. The molecule has 21 heavy (non-hydrogen) atoms. The fraction of sp³-hybridized carbons (Fsp3) is 0.429. The first-order valence-electron chi connectivity index (χ1n) is 6.82. The molecule has 0 unspecified atom stereocenters. The monoisotopic (exact) mass is 293 g/mol. The molecule has 1 aromatic heterocycles. The summed E-state index contributed by atoms with van der Waals surface area (Å²) in [6.45, 7) is 4.47. The third kappa shape index (κ3) is 3.85. The van der Waals surface area contributed by atoms with Crippen LogP contribution < -0.4 is 16.0 Å². The van der Waals surface area contributed by atoms with Gasteiger partial charge in [0.2, 0.25) is 0 Å². The molecule has 0 radical (unpaired) electrons. The number of rotatable bonds is 6. The number of ether oxygens (including phenoxy) is 1. The van der Waals surface area contributed by atoms with Crippen LogP contribution in [0, 0.1) is 0 Å². The Morgan fingerprint density at radius 3 is 3.05 bits per heavy atom. The number of amides is 2. The average Bonchev–Trinajstić information content (AvgIpc) is 2.99. The predicted octanol–water partition coefficient (Wildman–Crippen LogP) is 1.06. The number of furan rings is 1. The maximum atomic E-state index is 11.9. The lowest BCUT2D eigenvalue weighted by atomic mass is 10.1. The Balaban J connectivity index is 2.05. The molecule has 0 bridgehead atoms. The first-order chi connectivity index (χ1) is 10.1. The van der Waals surface area contributed by atoms with E-state index in [0.717, 1.165) is 5.76 Å². The van der Waals surface area contributed by atoms with Gasteiger partial charge in [-0.05, 0) is 26.0 Å². The predicted molar refractivity (Wildman–Crippen MR) is 75.3 cm³/mol. The van der Waals surface area contributed by atoms with Crippen molar-refractivity contribution in [2.45, 2.75) is 19.9 Å². The highest BCUT2D eigenvalue weighted by Crippen LogP contribution is 2.14. The highest BCUT2D eigenvalue weighted by Gasteiger charge is 2.23. The average molecular weight is 293 g/mol. The zero-order valence-corrected chi connectivity index (χ0v) is 12.1. The van der Waals surface area contributed by atoms with Gasteiger partial charge in [-0.25, -0.2) is 9.59 Å². The van der Waals surface area contributed by atoms with Gasteiger partial charge in [0, 0.05) is 12.2 Å². The van der Waals surface area contributed by atoms with Gasteiger partial charge in [0.1, 0.15) is 5.76 Å². The van der Waals surface area contributed by atoms with Crippen molar-refractivity contribution in [3.63, 3.8) is 0 Å². The largest absolute Gasteiger partial charge is 0.468 e. The molecule has 2 heterocycles. The third-order valence-corrected chi connectivity index (χ3v) is 3.13. The summed E-state index contributed by atoms with van der Waals surface area (Å²) in [5.41, 5.74) is 0.950. The van der Waals surface area contributed by atoms with E-state index in [-0.39, 0.29) is 18.6 Å². The van der Waals surface area contributed by atoms with Crippen molar-refractivity contribution in [2.75, 3.05) is 19.7 Å². The molecule has 3 N–H and O–H groups in total. The third-order valence-electron chi connectivity index (χ3n) is 3.13. The SMILES string of the molecule is CCOC(=O)C1=C(CN[C@@H](C)c2ccco2)NC(=O)NC1. The van der Waals surface area contributed by atoms with Gasteiger partial charge in [0.25, 0.3) is 0 Å². The van der Waals surface area contributed by atoms with E-state index in [4.69, 9.17) is 9.15 Å². The fourth-order valence-electron chi connectivity index (χ4n) is 1.99. The second kappa shape index (κ2) is 6.94. The van der Waals surface area contributed by atoms with Gasteiger partial charge in [-0.15, -0.1) is 0 Å². The Morgan fingerprint density at radius 1 is 1.57 bits per heavy atom. The number of hydrogen-bond acceptors (Lipinski definition) is 5. The molecule has 0 aliphatic carbocycles. The minimum absolute atomic E-state index is 0.0391. The van der Waals surface area contributed by atoms with Gasteiger partial charge in [-0.3, -0.25) is 0 Å². The summed E-state index contributed by atoms with van der Waals surface area (Å²) >= 11 is 0. The molecular weight excluding hydrogens is 274 g/mol. The molecule has 0 spiro atoms. The summed E-state index contributed by atoms with van der Waals surface area (Å²) in [5, 5.41) is 8.40. The molecule has 0 fully saturated rings. The molecule has 2 rings (SSSR count). The summed E-state index contributed by atoms with van der Waals surface area (Å²) in [6, 6.07) is 3.30. The van der Waals surface area contributed by atoms with E-state index in [2.05, 4.69) is 16.0 Å². The first-order valence-corrected chi connectivity index (χ1v) is 6.82. The van der Waals surface area contributed by atoms with Crippen LogP contribution in [0.15, 0.2) is 34.1 Å². The van der Waals surface area contributed by atoms with Gasteiger partial charge in [0.15, 0.2) is 0 Å². The molecule has 114 valence electrons. The summed E-state index contributed by atoms with van der Waals surface area (Å²) in [4.78, 5) is 23.3. The van der Waals surface area contributed by atoms with E-state index in [9.17, 15) is 9.59 Å². The van der Waals surface area contributed by atoms with E-state index in [1.807, 2.05) is 19.1 Å². The zero-order valence-electron chi connectivity index (χ0n) is 12.1. The Bertz CT molecular complexity index is 536. The highest BCUT2D eigenvalue weighted by molar-refractivity contribution is 5.93. The number of carbonyl (C=O) groups excluding carboxylic acids is 2. The van der Waals surface area contributed by atoms with E-state index in [1.54, 1.807) is 13.2 Å². The summed E-state index contributed by atoms with van der Waals surface area (Å²) in [7, 11) is 0. The normalized spacial score (nSPS) is 16.2. The molecule has 0 saturated carbocycles. The summed E-state index contributed by atoms with van der Waals surface area (Å²) < 4.78 is 10.3. The van der Waals surface area contributed by atoms with Crippen molar-refractivity contribution < 1.29 is 18.7 Å². The topological polar surface area (TPSA) is 92.6 Å². The second-order valence-corrected chi connectivity index (χ2v) is 4.60. The smallest absolute Gasteiger partial charge is 0.337 e. The maximum absolute atomic E-state index is 11.9. The molecule has 1 aliphatic heterocycles. The highest BCUT2D eigenvalue weighted by atomic mass is 16.5. The first kappa shape index (κ1) is 15.1. The lowest BCUT2D eigenvalue weighted by molar-refractivity contribution is -0.138. The molecule has 7 heteroatoms.